The Hall–Kier alpha value is -1.81. The number of aliphatic hydroxyl groups excluding tert-OH is 1. The van der Waals surface area contributed by atoms with E-state index in [1.807, 2.05) is 5.38 Å². The second kappa shape index (κ2) is 8.34. The summed E-state index contributed by atoms with van der Waals surface area (Å²) >= 11 is 1.52. The van der Waals surface area contributed by atoms with Gasteiger partial charge in [-0.2, -0.15) is 5.10 Å². The lowest BCUT2D eigenvalue weighted by molar-refractivity contribution is -0.0742. The Balaban J connectivity index is 1.60. The molecule has 0 bridgehead atoms. The van der Waals surface area contributed by atoms with Crippen LogP contribution in [0, 0.1) is 0 Å². The molecule has 130 valence electrons. The summed E-state index contributed by atoms with van der Waals surface area (Å²) in [6.45, 7) is 1.63. The van der Waals surface area contributed by atoms with E-state index in [0.29, 0.717) is 31.9 Å². The van der Waals surface area contributed by atoms with Crippen molar-refractivity contribution >= 4 is 17.2 Å². The van der Waals surface area contributed by atoms with Crippen LogP contribution in [0.5, 0.6) is 0 Å². The minimum Gasteiger partial charge on any atom is -0.394 e. The molecule has 3 heterocycles. The first-order valence-corrected chi connectivity index (χ1v) is 8.72. The number of carbonyl (C=O) groups excluding carboxylic acids is 1. The zero-order chi connectivity index (χ0) is 16.8. The zero-order valence-electron chi connectivity index (χ0n) is 13.1. The summed E-state index contributed by atoms with van der Waals surface area (Å²) in [4.78, 5) is 16.7. The minimum atomic E-state index is -0.227. The number of hydrogen-bond acceptors (Lipinski definition) is 7. The molecular formula is C15H20N4O4S. The van der Waals surface area contributed by atoms with Gasteiger partial charge in [-0.25, -0.2) is 4.98 Å². The van der Waals surface area contributed by atoms with Crippen molar-refractivity contribution in [3.63, 3.8) is 0 Å². The van der Waals surface area contributed by atoms with Crippen molar-refractivity contribution in [1.82, 2.24) is 20.1 Å². The highest BCUT2D eigenvalue weighted by atomic mass is 32.1. The van der Waals surface area contributed by atoms with Crippen LogP contribution in [0.4, 0.5) is 0 Å². The number of aliphatic hydroxyl groups is 1. The van der Waals surface area contributed by atoms with Crippen molar-refractivity contribution in [2.45, 2.75) is 31.7 Å². The van der Waals surface area contributed by atoms with Crippen LogP contribution in [-0.4, -0.2) is 57.7 Å². The van der Waals surface area contributed by atoms with E-state index >= 15 is 0 Å². The van der Waals surface area contributed by atoms with Crippen LogP contribution < -0.4 is 5.32 Å². The van der Waals surface area contributed by atoms with Crippen LogP contribution in [-0.2, 0) is 22.6 Å². The van der Waals surface area contributed by atoms with E-state index in [2.05, 4.69) is 15.4 Å². The molecule has 1 fully saturated rings. The smallest absolute Gasteiger partial charge is 0.269 e. The molecule has 1 aliphatic heterocycles. The summed E-state index contributed by atoms with van der Waals surface area (Å²) < 4.78 is 12.8. The third-order valence-electron chi connectivity index (χ3n) is 3.81. The molecule has 2 aromatic rings. The van der Waals surface area contributed by atoms with Crippen LogP contribution in [0.25, 0.3) is 0 Å². The molecule has 0 radical (unpaired) electrons. The van der Waals surface area contributed by atoms with Gasteiger partial charge in [0.15, 0.2) is 0 Å². The van der Waals surface area contributed by atoms with Gasteiger partial charge >= 0.3 is 0 Å². The first kappa shape index (κ1) is 17.0. The van der Waals surface area contributed by atoms with Crippen molar-refractivity contribution in [1.29, 1.82) is 0 Å². The number of nitrogens with zero attached hydrogens (tertiary/aromatic N) is 3. The Labute approximate surface area is 143 Å². The predicted molar refractivity (Wildman–Crippen MR) is 86.7 cm³/mol. The number of ether oxygens (including phenoxy) is 2. The number of aromatic nitrogens is 3. The molecule has 1 saturated heterocycles. The highest BCUT2D eigenvalue weighted by Crippen LogP contribution is 2.15. The number of rotatable bonds is 7. The lowest BCUT2D eigenvalue weighted by atomic mass is 10.1. The SMILES string of the molecule is O=C(N[C@@H]1CCOC[C@H]1OCc1cscn1)c1ccnn1CCO. The monoisotopic (exact) mass is 352 g/mol. The predicted octanol–water partition coefficient (Wildman–Crippen LogP) is 0.436. The minimum absolute atomic E-state index is 0.0708. The first-order chi connectivity index (χ1) is 11.8. The number of carbonyl (C=O) groups is 1. The molecular weight excluding hydrogens is 332 g/mol. The highest BCUT2D eigenvalue weighted by molar-refractivity contribution is 7.07. The van der Waals surface area contributed by atoms with Gasteiger partial charge < -0.3 is 19.9 Å². The summed E-state index contributed by atoms with van der Waals surface area (Å²) in [7, 11) is 0. The summed E-state index contributed by atoms with van der Waals surface area (Å²) in [5.41, 5.74) is 3.06. The van der Waals surface area contributed by atoms with Crippen LogP contribution in [0.15, 0.2) is 23.2 Å². The number of thiazole rings is 1. The average molecular weight is 352 g/mol. The van der Waals surface area contributed by atoms with E-state index in [9.17, 15) is 4.79 Å². The first-order valence-electron chi connectivity index (χ1n) is 7.78. The van der Waals surface area contributed by atoms with E-state index < -0.39 is 0 Å². The summed E-state index contributed by atoms with van der Waals surface area (Å²) in [6.07, 6.45) is 2.01. The lowest BCUT2D eigenvalue weighted by Gasteiger charge is -2.32. The Morgan fingerprint density at radius 3 is 3.29 bits per heavy atom. The van der Waals surface area contributed by atoms with Crippen LogP contribution in [0.1, 0.15) is 22.6 Å². The van der Waals surface area contributed by atoms with E-state index in [0.717, 1.165) is 5.69 Å². The Morgan fingerprint density at radius 2 is 2.50 bits per heavy atom. The molecule has 0 saturated carbocycles. The van der Waals surface area contributed by atoms with Crippen molar-refractivity contribution in [2.24, 2.45) is 0 Å². The van der Waals surface area contributed by atoms with Gasteiger partial charge in [0.25, 0.3) is 5.91 Å². The molecule has 1 aliphatic rings. The number of amides is 1. The molecule has 24 heavy (non-hydrogen) atoms. The van der Waals surface area contributed by atoms with Crippen molar-refractivity contribution in [3.8, 4) is 0 Å². The van der Waals surface area contributed by atoms with Crippen LogP contribution in [0.3, 0.4) is 0 Å². The highest BCUT2D eigenvalue weighted by Gasteiger charge is 2.29. The third kappa shape index (κ3) is 4.18. The van der Waals surface area contributed by atoms with Gasteiger partial charge in [-0.1, -0.05) is 0 Å². The van der Waals surface area contributed by atoms with Gasteiger partial charge in [0, 0.05) is 18.2 Å². The molecule has 2 N–H and O–H groups in total. The van der Waals surface area contributed by atoms with Crippen LogP contribution >= 0.6 is 11.3 Å². The Morgan fingerprint density at radius 1 is 1.58 bits per heavy atom. The molecule has 0 spiro atoms. The summed E-state index contributed by atoms with van der Waals surface area (Å²) in [5.74, 6) is -0.227. The largest absolute Gasteiger partial charge is 0.394 e. The maximum absolute atomic E-state index is 12.5. The quantitative estimate of drug-likeness (QED) is 0.750. The van der Waals surface area contributed by atoms with Crippen molar-refractivity contribution in [3.05, 3.63) is 34.5 Å². The van der Waals surface area contributed by atoms with E-state index in [1.54, 1.807) is 17.8 Å². The fourth-order valence-electron chi connectivity index (χ4n) is 2.58. The van der Waals surface area contributed by atoms with Gasteiger partial charge in [0.05, 0.1) is 43.6 Å². The molecule has 3 rings (SSSR count). The normalized spacial score (nSPS) is 20.9. The van der Waals surface area contributed by atoms with Gasteiger partial charge in [-0.3, -0.25) is 9.48 Å². The Kier molecular flexibility index (Phi) is 5.91. The molecule has 8 nitrogen and oxygen atoms in total. The zero-order valence-corrected chi connectivity index (χ0v) is 13.9. The van der Waals surface area contributed by atoms with Crippen molar-refractivity contribution < 1.29 is 19.4 Å². The molecule has 0 unspecified atom stereocenters. The molecule has 0 aliphatic carbocycles. The van der Waals surface area contributed by atoms with E-state index in [4.69, 9.17) is 14.6 Å². The van der Waals surface area contributed by atoms with E-state index in [-0.39, 0.29) is 31.2 Å². The fraction of sp³-hybridized carbons (Fsp3) is 0.533. The third-order valence-corrected chi connectivity index (χ3v) is 4.45. The van der Waals surface area contributed by atoms with Gasteiger partial charge in [-0.15, -0.1) is 11.3 Å². The topological polar surface area (TPSA) is 98.5 Å². The Bertz CT molecular complexity index is 646. The molecule has 2 atom stereocenters. The van der Waals surface area contributed by atoms with Crippen LogP contribution in [0.2, 0.25) is 0 Å². The molecule has 2 aromatic heterocycles. The molecule has 9 heteroatoms. The lowest BCUT2D eigenvalue weighted by Crippen LogP contribution is -2.50. The number of hydrogen-bond donors (Lipinski definition) is 2. The second-order valence-electron chi connectivity index (χ2n) is 5.44. The maximum atomic E-state index is 12.5. The second-order valence-corrected chi connectivity index (χ2v) is 6.15. The standard InChI is InChI=1S/C15H20N4O4S/c20-5-4-19-13(1-3-17-19)15(21)18-12-2-6-22-8-14(12)23-7-11-9-24-10-16-11/h1,3,9-10,12,14,20H,2,4-8H2,(H,18,21)/t12-,14-/m1/s1. The summed E-state index contributed by atoms with van der Waals surface area (Å²) in [6, 6.07) is 1.50. The fourth-order valence-corrected chi connectivity index (χ4v) is 3.13. The molecule has 0 aromatic carbocycles. The van der Waals surface area contributed by atoms with Gasteiger partial charge in [0.2, 0.25) is 0 Å². The molecule has 1 amide bonds. The van der Waals surface area contributed by atoms with Gasteiger partial charge in [-0.05, 0) is 12.5 Å². The van der Waals surface area contributed by atoms with Crippen molar-refractivity contribution in [2.75, 3.05) is 19.8 Å². The average Bonchev–Trinajstić information content (AvgIpc) is 3.26. The number of nitrogens with one attached hydrogen (secondary N) is 1. The van der Waals surface area contributed by atoms with E-state index in [1.165, 1.54) is 16.0 Å². The van der Waals surface area contributed by atoms with Gasteiger partial charge in [0.1, 0.15) is 11.8 Å². The summed E-state index contributed by atoms with van der Waals surface area (Å²) in [5, 5.41) is 18.0. The maximum Gasteiger partial charge on any atom is 0.269 e.